The lowest BCUT2D eigenvalue weighted by molar-refractivity contribution is -0.128. The normalized spacial score (nSPS) is 19.4. The molecule has 2 N–H and O–H groups in total. The molecule has 5 heteroatoms. The largest absolute Gasteiger partial charge is 0.352 e. The number of likely N-dealkylation sites (tertiary alicyclic amines) is 1. The average molecular weight is 357 g/mol. The molecule has 1 saturated carbocycles. The smallest absolute Gasteiger partial charge is 0.239 e. The summed E-state index contributed by atoms with van der Waals surface area (Å²) in [6.45, 7) is 5.19. The highest BCUT2D eigenvalue weighted by molar-refractivity contribution is 5.86. The van der Waals surface area contributed by atoms with Crippen LogP contribution in [0.2, 0.25) is 0 Å². The Morgan fingerprint density at radius 1 is 1.12 bits per heavy atom. The van der Waals surface area contributed by atoms with Gasteiger partial charge in [0, 0.05) is 31.6 Å². The molecule has 0 aromatic heterocycles. The second-order valence-electron chi connectivity index (χ2n) is 7.81. The van der Waals surface area contributed by atoms with Crippen molar-refractivity contribution in [1.29, 1.82) is 0 Å². The SMILES string of the molecule is Cc1cccc(CN2CCC(NC(=O)CNC(=O)C3CCCC3)CC2)c1. The lowest BCUT2D eigenvalue weighted by Gasteiger charge is -2.32. The number of carbonyl (C=O) groups is 2. The Kier molecular flexibility index (Phi) is 6.67. The van der Waals surface area contributed by atoms with Gasteiger partial charge in [0.15, 0.2) is 0 Å². The van der Waals surface area contributed by atoms with Crippen molar-refractivity contribution in [3.05, 3.63) is 35.4 Å². The van der Waals surface area contributed by atoms with Crippen LogP contribution < -0.4 is 10.6 Å². The third-order valence-corrected chi connectivity index (χ3v) is 5.59. The molecule has 142 valence electrons. The van der Waals surface area contributed by atoms with Gasteiger partial charge >= 0.3 is 0 Å². The summed E-state index contributed by atoms with van der Waals surface area (Å²) in [6, 6.07) is 8.86. The molecule has 2 fully saturated rings. The van der Waals surface area contributed by atoms with E-state index in [0.717, 1.165) is 58.2 Å². The average Bonchev–Trinajstić information content (AvgIpc) is 3.16. The summed E-state index contributed by atoms with van der Waals surface area (Å²) < 4.78 is 0. The number of aryl methyl sites for hydroxylation is 1. The van der Waals surface area contributed by atoms with Crippen molar-refractivity contribution in [3.8, 4) is 0 Å². The second-order valence-corrected chi connectivity index (χ2v) is 7.81. The Balaban J connectivity index is 1.34. The molecule has 1 aromatic rings. The van der Waals surface area contributed by atoms with Crippen LogP contribution in [0, 0.1) is 12.8 Å². The van der Waals surface area contributed by atoms with Gasteiger partial charge in [-0.15, -0.1) is 0 Å². The molecule has 2 amide bonds. The Hall–Kier alpha value is -1.88. The number of amides is 2. The maximum Gasteiger partial charge on any atom is 0.239 e. The molecule has 5 nitrogen and oxygen atoms in total. The molecule has 1 aliphatic carbocycles. The number of rotatable bonds is 6. The molecule has 0 unspecified atom stereocenters. The van der Waals surface area contributed by atoms with Gasteiger partial charge in [0.2, 0.25) is 11.8 Å². The van der Waals surface area contributed by atoms with Crippen LogP contribution in [0.5, 0.6) is 0 Å². The van der Waals surface area contributed by atoms with Crippen molar-refractivity contribution in [2.24, 2.45) is 5.92 Å². The first-order valence-electron chi connectivity index (χ1n) is 9.95. The summed E-state index contributed by atoms with van der Waals surface area (Å²) in [5.41, 5.74) is 2.64. The minimum Gasteiger partial charge on any atom is -0.352 e. The van der Waals surface area contributed by atoms with Crippen molar-refractivity contribution in [1.82, 2.24) is 15.5 Å². The van der Waals surface area contributed by atoms with E-state index in [1.807, 2.05) is 0 Å². The second kappa shape index (κ2) is 9.17. The van der Waals surface area contributed by atoms with E-state index in [0.29, 0.717) is 0 Å². The van der Waals surface area contributed by atoms with E-state index in [-0.39, 0.29) is 30.3 Å². The predicted octanol–water partition coefficient (Wildman–Crippen LogP) is 2.38. The van der Waals surface area contributed by atoms with E-state index < -0.39 is 0 Å². The number of nitrogens with one attached hydrogen (secondary N) is 2. The van der Waals surface area contributed by atoms with Gasteiger partial charge in [0.05, 0.1) is 6.54 Å². The van der Waals surface area contributed by atoms with Crippen molar-refractivity contribution in [3.63, 3.8) is 0 Å². The Morgan fingerprint density at radius 3 is 2.54 bits per heavy atom. The molecule has 1 aliphatic heterocycles. The Bertz CT molecular complexity index is 617. The standard InChI is InChI=1S/C21H31N3O2/c1-16-5-4-6-17(13-16)15-24-11-9-19(10-12-24)23-20(25)14-22-21(26)18-7-2-3-8-18/h4-6,13,18-19H,2-3,7-12,14-15H2,1H3,(H,22,26)(H,23,25). The molecule has 0 atom stereocenters. The van der Waals surface area contributed by atoms with Crippen LogP contribution in [0.1, 0.15) is 49.7 Å². The van der Waals surface area contributed by atoms with Crippen molar-refractivity contribution >= 4 is 11.8 Å². The number of carbonyl (C=O) groups excluding carboxylic acids is 2. The lowest BCUT2D eigenvalue weighted by atomic mass is 10.0. The highest BCUT2D eigenvalue weighted by atomic mass is 16.2. The van der Waals surface area contributed by atoms with Gasteiger partial charge in [0.1, 0.15) is 0 Å². The highest BCUT2D eigenvalue weighted by Crippen LogP contribution is 2.24. The Labute approximate surface area is 156 Å². The molecule has 1 heterocycles. The van der Waals surface area contributed by atoms with Crippen LogP contribution in [-0.4, -0.2) is 42.4 Å². The fourth-order valence-corrected chi connectivity index (χ4v) is 4.08. The molecule has 3 rings (SSSR count). The maximum absolute atomic E-state index is 12.1. The molecule has 0 spiro atoms. The minimum absolute atomic E-state index is 0.0469. The fraction of sp³-hybridized carbons (Fsp3) is 0.619. The first-order chi connectivity index (χ1) is 12.6. The van der Waals surface area contributed by atoms with Crippen LogP contribution in [0.25, 0.3) is 0 Å². The molecule has 0 bridgehead atoms. The van der Waals surface area contributed by atoms with Gasteiger partial charge in [-0.1, -0.05) is 42.7 Å². The predicted molar refractivity (Wildman–Crippen MR) is 103 cm³/mol. The zero-order chi connectivity index (χ0) is 18.4. The quantitative estimate of drug-likeness (QED) is 0.822. The monoisotopic (exact) mass is 357 g/mol. The number of nitrogens with zero attached hydrogens (tertiary/aromatic N) is 1. The van der Waals surface area contributed by atoms with Gasteiger partial charge in [-0.3, -0.25) is 14.5 Å². The summed E-state index contributed by atoms with van der Waals surface area (Å²) in [6.07, 6.45) is 6.12. The number of piperidine rings is 1. The molecule has 0 radical (unpaired) electrons. The zero-order valence-corrected chi connectivity index (χ0v) is 15.8. The van der Waals surface area contributed by atoms with Gasteiger partial charge in [-0.25, -0.2) is 0 Å². The molecule has 26 heavy (non-hydrogen) atoms. The highest BCUT2D eigenvalue weighted by Gasteiger charge is 2.24. The molecule has 1 saturated heterocycles. The van der Waals surface area contributed by atoms with Crippen LogP contribution in [-0.2, 0) is 16.1 Å². The van der Waals surface area contributed by atoms with E-state index in [1.54, 1.807) is 0 Å². The minimum atomic E-state index is -0.0616. The number of benzene rings is 1. The molecule has 1 aromatic carbocycles. The van der Waals surface area contributed by atoms with Crippen LogP contribution in [0.4, 0.5) is 0 Å². The first kappa shape index (κ1) is 18.9. The van der Waals surface area contributed by atoms with Gasteiger partial charge in [-0.2, -0.15) is 0 Å². The van der Waals surface area contributed by atoms with Gasteiger partial charge in [0.25, 0.3) is 0 Å². The van der Waals surface area contributed by atoms with Gasteiger partial charge < -0.3 is 10.6 Å². The van der Waals surface area contributed by atoms with Gasteiger partial charge in [-0.05, 0) is 38.2 Å². The molecule has 2 aliphatic rings. The maximum atomic E-state index is 12.1. The Morgan fingerprint density at radius 2 is 1.85 bits per heavy atom. The lowest BCUT2D eigenvalue weighted by Crippen LogP contribution is -2.47. The van der Waals surface area contributed by atoms with Crippen molar-refractivity contribution < 1.29 is 9.59 Å². The van der Waals surface area contributed by atoms with E-state index in [2.05, 4.69) is 46.7 Å². The summed E-state index contributed by atoms with van der Waals surface area (Å²) in [5, 5.41) is 5.88. The summed E-state index contributed by atoms with van der Waals surface area (Å²) >= 11 is 0. The summed E-state index contributed by atoms with van der Waals surface area (Å²) in [7, 11) is 0. The van der Waals surface area contributed by atoms with E-state index in [1.165, 1.54) is 11.1 Å². The molecular formula is C21H31N3O2. The topological polar surface area (TPSA) is 61.4 Å². The van der Waals surface area contributed by atoms with Crippen LogP contribution in [0.15, 0.2) is 24.3 Å². The van der Waals surface area contributed by atoms with Crippen molar-refractivity contribution in [2.75, 3.05) is 19.6 Å². The first-order valence-corrected chi connectivity index (χ1v) is 9.95. The zero-order valence-electron chi connectivity index (χ0n) is 15.8. The van der Waals surface area contributed by atoms with E-state index in [9.17, 15) is 9.59 Å². The summed E-state index contributed by atoms with van der Waals surface area (Å²) in [5.74, 6) is 0.103. The third-order valence-electron chi connectivity index (χ3n) is 5.59. The van der Waals surface area contributed by atoms with Crippen LogP contribution >= 0.6 is 0 Å². The fourth-order valence-electron chi connectivity index (χ4n) is 4.08. The summed E-state index contributed by atoms with van der Waals surface area (Å²) in [4.78, 5) is 26.5. The van der Waals surface area contributed by atoms with Crippen LogP contribution in [0.3, 0.4) is 0 Å². The third kappa shape index (κ3) is 5.56. The van der Waals surface area contributed by atoms with E-state index >= 15 is 0 Å². The number of hydrogen-bond acceptors (Lipinski definition) is 3. The number of hydrogen-bond donors (Lipinski definition) is 2. The molecular weight excluding hydrogens is 326 g/mol. The van der Waals surface area contributed by atoms with Crippen molar-refractivity contribution in [2.45, 2.75) is 58.0 Å². The van der Waals surface area contributed by atoms with E-state index in [4.69, 9.17) is 0 Å².